The van der Waals surface area contributed by atoms with Gasteiger partial charge in [0.25, 0.3) is 0 Å². The molecule has 0 aliphatic carbocycles. The minimum atomic E-state index is -0.514. The fourth-order valence-electron chi connectivity index (χ4n) is 1.60. The Labute approximate surface area is 146 Å². The van der Waals surface area contributed by atoms with Gasteiger partial charge in [-0.25, -0.2) is 14.8 Å². The van der Waals surface area contributed by atoms with E-state index in [1.807, 2.05) is 0 Å². The Morgan fingerprint density at radius 1 is 1.04 bits per heavy atom. The van der Waals surface area contributed by atoms with Crippen LogP contribution < -0.4 is 4.74 Å². The summed E-state index contributed by atoms with van der Waals surface area (Å²) in [5.74, 6) is 17.9. The summed E-state index contributed by atoms with van der Waals surface area (Å²) >= 11 is 0. The molecule has 0 radical (unpaired) electrons. The van der Waals surface area contributed by atoms with E-state index in [0.717, 1.165) is 11.6 Å². The molecule has 2 rings (SSSR count). The second kappa shape index (κ2) is 9.02. The third-order valence-corrected chi connectivity index (χ3v) is 2.68. The molecule has 0 saturated heterocycles. The fraction of sp³-hybridized carbons (Fsp3) is 0. The number of esters is 1. The third kappa shape index (κ3) is 5.46. The van der Waals surface area contributed by atoms with Crippen LogP contribution in [0.1, 0.15) is 5.56 Å². The smallest absolute Gasteiger partial charge is 0.335 e. The second-order valence-corrected chi connectivity index (χ2v) is 4.34. The lowest BCUT2D eigenvalue weighted by molar-refractivity contribution is -0.128. The number of rotatable bonds is 3. The number of ether oxygens (including phenoxy) is 1. The lowest BCUT2D eigenvalue weighted by Gasteiger charge is -2.03. The molecule has 4 nitrogen and oxygen atoms in total. The maximum Gasteiger partial charge on any atom is 0.335 e. The predicted octanol–water partition coefficient (Wildman–Crippen LogP) is 2.23. The zero-order valence-corrected chi connectivity index (χ0v) is 13.0. The van der Waals surface area contributed by atoms with E-state index in [1.54, 1.807) is 36.7 Å². The van der Waals surface area contributed by atoms with Crippen LogP contribution in [0.5, 0.6) is 5.75 Å². The van der Waals surface area contributed by atoms with Crippen molar-refractivity contribution in [1.82, 2.24) is 9.97 Å². The highest BCUT2D eigenvalue weighted by Crippen LogP contribution is 2.19. The van der Waals surface area contributed by atoms with Crippen molar-refractivity contribution in [3.05, 3.63) is 54.9 Å². The van der Waals surface area contributed by atoms with E-state index >= 15 is 0 Å². The van der Waals surface area contributed by atoms with Crippen LogP contribution in [0, 0.1) is 47.9 Å². The maximum atomic E-state index is 11.1. The van der Waals surface area contributed by atoms with Crippen LogP contribution in [0.15, 0.2) is 49.3 Å². The minimum Gasteiger partial charge on any atom is -0.423 e. The molecule has 1 aromatic carbocycles. The summed E-state index contributed by atoms with van der Waals surface area (Å²) in [6.45, 7) is 3.34. The number of hydrogen-bond donors (Lipinski definition) is 0. The van der Waals surface area contributed by atoms with Crippen molar-refractivity contribution in [2.24, 2.45) is 0 Å². The van der Waals surface area contributed by atoms with Crippen LogP contribution in [0.3, 0.4) is 0 Å². The van der Waals surface area contributed by atoms with Gasteiger partial charge in [-0.15, -0.1) is 6.42 Å². The molecular formula is C21H10N2O2. The Kier molecular flexibility index (Phi) is 6.17. The van der Waals surface area contributed by atoms with Crippen LogP contribution >= 0.6 is 0 Å². The summed E-state index contributed by atoms with van der Waals surface area (Å²) in [5.41, 5.74) is 1.40. The highest BCUT2D eigenvalue weighted by Gasteiger charge is 2.03. The van der Waals surface area contributed by atoms with Crippen molar-refractivity contribution in [3.8, 4) is 65.0 Å². The number of hydrogen-bond acceptors (Lipinski definition) is 4. The minimum absolute atomic E-state index is 0.419. The van der Waals surface area contributed by atoms with E-state index < -0.39 is 5.97 Å². The Balaban J connectivity index is 2.08. The highest BCUT2D eigenvalue weighted by molar-refractivity contribution is 5.83. The van der Waals surface area contributed by atoms with Crippen LogP contribution in [0.4, 0.5) is 0 Å². The number of terminal acetylenes is 1. The molecular weight excluding hydrogens is 312 g/mol. The quantitative estimate of drug-likeness (QED) is 0.376. The molecule has 0 atom stereocenters. The average molecular weight is 322 g/mol. The summed E-state index contributed by atoms with van der Waals surface area (Å²) in [6.07, 6.45) is 9.25. The largest absolute Gasteiger partial charge is 0.423 e. The van der Waals surface area contributed by atoms with Gasteiger partial charge in [-0.1, -0.05) is 6.58 Å². The molecule has 0 bridgehead atoms. The van der Waals surface area contributed by atoms with E-state index in [1.165, 1.54) is 0 Å². The van der Waals surface area contributed by atoms with Crippen molar-refractivity contribution in [2.75, 3.05) is 0 Å². The SMILES string of the molecule is C#CC#CC#CC#Cc1cnc(-c2ccc(OC(=O)C=C)cc2)nc1. The molecule has 0 spiro atoms. The van der Waals surface area contributed by atoms with Gasteiger partial charge in [0, 0.05) is 24.0 Å². The first-order valence-electron chi connectivity index (χ1n) is 6.96. The Morgan fingerprint density at radius 3 is 2.32 bits per heavy atom. The van der Waals surface area contributed by atoms with Crippen molar-refractivity contribution in [1.29, 1.82) is 0 Å². The number of carbonyl (C=O) groups is 1. The van der Waals surface area contributed by atoms with Gasteiger partial charge in [-0.3, -0.25) is 0 Å². The molecule has 1 heterocycles. The van der Waals surface area contributed by atoms with Gasteiger partial charge in [0.15, 0.2) is 5.82 Å². The standard InChI is InChI=1S/C21H10N2O2/c1-3-5-6-7-8-9-10-17-15-22-21(23-16-17)18-11-13-19(14-12-18)25-20(24)4-2/h1,4,11-16H,2H2. The van der Waals surface area contributed by atoms with Crippen molar-refractivity contribution in [3.63, 3.8) is 0 Å². The van der Waals surface area contributed by atoms with Crippen LogP contribution in [-0.4, -0.2) is 15.9 Å². The third-order valence-electron chi connectivity index (χ3n) is 2.68. The van der Waals surface area contributed by atoms with Crippen LogP contribution in [0.25, 0.3) is 11.4 Å². The molecule has 0 fully saturated rings. The van der Waals surface area contributed by atoms with E-state index in [-0.39, 0.29) is 0 Å². The van der Waals surface area contributed by atoms with Gasteiger partial charge in [-0.05, 0) is 65.7 Å². The summed E-state index contributed by atoms with van der Waals surface area (Å²) in [7, 11) is 0. The van der Waals surface area contributed by atoms with Crippen molar-refractivity contribution < 1.29 is 9.53 Å². The summed E-state index contributed by atoms with van der Waals surface area (Å²) in [4.78, 5) is 19.6. The Bertz CT molecular complexity index is 1010. The average Bonchev–Trinajstić information content (AvgIpc) is 2.65. The zero-order chi connectivity index (χ0) is 17.9. The number of nitrogens with zero attached hydrogens (tertiary/aromatic N) is 2. The van der Waals surface area contributed by atoms with Gasteiger partial charge in [0.1, 0.15) is 5.75 Å². The Morgan fingerprint density at radius 2 is 1.68 bits per heavy atom. The number of aromatic nitrogens is 2. The first-order chi connectivity index (χ1) is 12.2. The first-order valence-corrected chi connectivity index (χ1v) is 6.96. The number of benzene rings is 1. The molecule has 4 heteroatoms. The fourth-order valence-corrected chi connectivity index (χ4v) is 1.60. The molecule has 0 amide bonds. The number of carbonyl (C=O) groups excluding carboxylic acids is 1. The lowest BCUT2D eigenvalue weighted by atomic mass is 10.2. The summed E-state index contributed by atoms with van der Waals surface area (Å²) in [6, 6.07) is 6.81. The molecule has 0 saturated carbocycles. The zero-order valence-electron chi connectivity index (χ0n) is 13.0. The van der Waals surface area contributed by atoms with Gasteiger partial charge >= 0.3 is 5.97 Å². The maximum absolute atomic E-state index is 11.1. The van der Waals surface area contributed by atoms with Crippen molar-refractivity contribution in [2.45, 2.75) is 0 Å². The highest BCUT2D eigenvalue weighted by atomic mass is 16.5. The molecule has 25 heavy (non-hydrogen) atoms. The van der Waals surface area contributed by atoms with Gasteiger partial charge < -0.3 is 4.74 Å². The van der Waals surface area contributed by atoms with Crippen molar-refractivity contribution >= 4 is 5.97 Å². The van der Waals surface area contributed by atoms with Crippen LogP contribution in [0.2, 0.25) is 0 Å². The second-order valence-electron chi connectivity index (χ2n) is 4.34. The first kappa shape index (κ1) is 17.1. The van der Waals surface area contributed by atoms with Gasteiger partial charge in [-0.2, -0.15) is 0 Å². The van der Waals surface area contributed by atoms with E-state index in [9.17, 15) is 4.79 Å². The molecule has 116 valence electrons. The topological polar surface area (TPSA) is 52.1 Å². The molecule has 2 aromatic rings. The normalized spacial score (nSPS) is 8.12. The predicted molar refractivity (Wildman–Crippen MR) is 94.6 cm³/mol. The monoisotopic (exact) mass is 322 g/mol. The summed E-state index contributed by atoms with van der Waals surface area (Å²) < 4.78 is 5.00. The Hall–Kier alpha value is -4.25. The van der Waals surface area contributed by atoms with Gasteiger partial charge in [0.2, 0.25) is 0 Å². The van der Waals surface area contributed by atoms with Crippen LogP contribution in [-0.2, 0) is 4.79 Å². The molecule has 0 aliphatic heterocycles. The lowest BCUT2D eigenvalue weighted by Crippen LogP contribution is -2.02. The molecule has 0 aliphatic rings. The molecule has 0 N–H and O–H groups in total. The van der Waals surface area contributed by atoms with E-state index in [2.05, 4.69) is 58.0 Å². The van der Waals surface area contributed by atoms with E-state index in [4.69, 9.17) is 11.2 Å². The van der Waals surface area contributed by atoms with Gasteiger partial charge in [0.05, 0.1) is 5.56 Å². The van der Waals surface area contributed by atoms with E-state index in [0.29, 0.717) is 17.1 Å². The molecule has 1 aromatic heterocycles. The molecule has 0 unspecified atom stereocenters. The summed E-state index contributed by atoms with van der Waals surface area (Å²) in [5, 5.41) is 0.